The summed E-state index contributed by atoms with van der Waals surface area (Å²) in [5, 5.41) is 4.03. The van der Waals surface area contributed by atoms with Crippen LogP contribution in [0.4, 0.5) is 0 Å². The van der Waals surface area contributed by atoms with Gasteiger partial charge < -0.3 is 5.32 Å². The fourth-order valence-electron chi connectivity index (χ4n) is 2.86. The van der Waals surface area contributed by atoms with E-state index in [2.05, 4.69) is 5.32 Å². The van der Waals surface area contributed by atoms with Crippen molar-refractivity contribution in [3.8, 4) is 0 Å². The molecule has 0 amide bonds. The van der Waals surface area contributed by atoms with Gasteiger partial charge in [-0.25, -0.2) is 8.42 Å². The number of thioether (sulfide) groups is 1. The third-order valence-corrected chi connectivity index (χ3v) is 6.65. The maximum Gasteiger partial charge on any atom is 0.175 e. The molecule has 0 saturated heterocycles. The SMILES string of the molecule is CNC1CCCCCCC1Sc1ccc(S(C)(=O)=O)cc1. The van der Waals surface area contributed by atoms with Gasteiger partial charge in [0, 0.05) is 22.4 Å². The van der Waals surface area contributed by atoms with Gasteiger partial charge in [-0.3, -0.25) is 0 Å². The summed E-state index contributed by atoms with van der Waals surface area (Å²) in [4.78, 5) is 1.56. The van der Waals surface area contributed by atoms with Crippen molar-refractivity contribution in [2.75, 3.05) is 13.3 Å². The van der Waals surface area contributed by atoms with E-state index in [1.54, 1.807) is 12.1 Å². The highest BCUT2D eigenvalue weighted by atomic mass is 32.2. The van der Waals surface area contributed by atoms with Crippen LogP contribution < -0.4 is 5.32 Å². The van der Waals surface area contributed by atoms with E-state index in [4.69, 9.17) is 0 Å². The van der Waals surface area contributed by atoms with Crippen molar-refractivity contribution in [2.24, 2.45) is 0 Å². The molecule has 0 spiro atoms. The number of nitrogens with one attached hydrogen (secondary N) is 1. The lowest BCUT2D eigenvalue weighted by Gasteiger charge is -2.28. The minimum absolute atomic E-state index is 0.398. The molecule has 0 bridgehead atoms. The zero-order valence-corrected chi connectivity index (χ0v) is 14.5. The second-order valence-corrected chi connectivity index (χ2v) is 9.11. The molecule has 1 saturated carbocycles. The van der Waals surface area contributed by atoms with Gasteiger partial charge in [-0.2, -0.15) is 0 Å². The Balaban J connectivity index is 2.07. The van der Waals surface area contributed by atoms with Crippen LogP contribution in [-0.4, -0.2) is 33.0 Å². The molecule has 0 heterocycles. The van der Waals surface area contributed by atoms with Gasteiger partial charge in [0.25, 0.3) is 0 Å². The minimum atomic E-state index is -3.10. The van der Waals surface area contributed by atoms with E-state index < -0.39 is 9.84 Å². The van der Waals surface area contributed by atoms with Crippen LogP contribution in [0.1, 0.15) is 38.5 Å². The summed E-state index contributed by atoms with van der Waals surface area (Å²) in [7, 11) is -1.05. The van der Waals surface area contributed by atoms with Crippen molar-refractivity contribution in [1.82, 2.24) is 5.32 Å². The lowest BCUT2D eigenvalue weighted by molar-refractivity contribution is 0.420. The van der Waals surface area contributed by atoms with Crippen molar-refractivity contribution >= 4 is 21.6 Å². The first-order valence-corrected chi connectivity index (χ1v) is 10.4. The largest absolute Gasteiger partial charge is 0.316 e. The molecule has 1 N–H and O–H groups in total. The maximum absolute atomic E-state index is 11.5. The van der Waals surface area contributed by atoms with E-state index in [9.17, 15) is 8.42 Å². The molecular formula is C16H25NO2S2. The van der Waals surface area contributed by atoms with Crippen molar-refractivity contribution < 1.29 is 8.42 Å². The highest BCUT2D eigenvalue weighted by Gasteiger charge is 2.22. The fourth-order valence-corrected chi connectivity index (χ4v) is 4.86. The molecule has 0 aromatic heterocycles. The average molecular weight is 328 g/mol. The number of hydrogen-bond donors (Lipinski definition) is 1. The first-order chi connectivity index (χ1) is 10.0. The average Bonchev–Trinajstić information content (AvgIpc) is 2.42. The highest BCUT2D eigenvalue weighted by Crippen LogP contribution is 2.33. The number of rotatable bonds is 4. The van der Waals surface area contributed by atoms with Crippen LogP contribution in [0, 0.1) is 0 Å². The summed E-state index contributed by atoms with van der Waals surface area (Å²) >= 11 is 1.88. The van der Waals surface area contributed by atoms with Crippen LogP contribution in [0.2, 0.25) is 0 Å². The Morgan fingerprint density at radius 1 is 1.05 bits per heavy atom. The molecule has 0 aliphatic heterocycles. The Bertz CT molecular complexity index is 540. The van der Waals surface area contributed by atoms with Gasteiger partial charge in [0.2, 0.25) is 0 Å². The van der Waals surface area contributed by atoms with Gasteiger partial charge in [0.05, 0.1) is 4.90 Å². The Morgan fingerprint density at radius 3 is 2.24 bits per heavy atom. The van der Waals surface area contributed by atoms with Gasteiger partial charge in [0.15, 0.2) is 9.84 Å². The van der Waals surface area contributed by atoms with E-state index in [1.807, 2.05) is 30.9 Å². The predicted octanol–water partition coefficient (Wildman–Crippen LogP) is 3.49. The molecule has 1 aromatic carbocycles. The van der Waals surface area contributed by atoms with E-state index in [0.29, 0.717) is 16.2 Å². The summed E-state index contributed by atoms with van der Waals surface area (Å²) < 4.78 is 23.0. The first-order valence-electron chi connectivity index (χ1n) is 7.65. The second kappa shape index (κ2) is 7.65. The van der Waals surface area contributed by atoms with Crippen LogP contribution >= 0.6 is 11.8 Å². The molecule has 1 fully saturated rings. The number of hydrogen-bond acceptors (Lipinski definition) is 4. The van der Waals surface area contributed by atoms with E-state index in [1.165, 1.54) is 44.8 Å². The Kier molecular flexibility index (Phi) is 6.14. The molecule has 3 nitrogen and oxygen atoms in total. The van der Waals surface area contributed by atoms with E-state index >= 15 is 0 Å². The lowest BCUT2D eigenvalue weighted by Crippen LogP contribution is -2.36. The van der Waals surface area contributed by atoms with Gasteiger partial charge in [-0.05, 0) is 44.2 Å². The second-order valence-electron chi connectivity index (χ2n) is 5.79. The Morgan fingerprint density at radius 2 is 1.67 bits per heavy atom. The molecule has 1 aromatic rings. The van der Waals surface area contributed by atoms with Gasteiger partial charge in [-0.1, -0.05) is 25.7 Å². The smallest absolute Gasteiger partial charge is 0.175 e. The zero-order chi connectivity index (χ0) is 15.3. The molecule has 118 valence electrons. The van der Waals surface area contributed by atoms with Gasteiger partial charge in [-0.15, -0.1) is 11.8 Å². The quantitative estimate of drug-likeness (QED) is 0.919. The maximum atomic E-state index is 11.5. The van der Waals surface area contributed by atoms with Crippen LogP contribution in [0.5, 0.6) is 0 Å². The van der Waals surface area contributed by atoms with Crippen molar-refractivity contribution in [3.05, 3.63) is 24.3 Å². The third-order valence-electron chi connectivity index (χ3n) is 4.11. The first kappa shape index (κ1) is 16.8. The molecule has 1 aliphatic rings. The summed E-state index contributed by atoms with van der Waals surface area (Å²) in [5.74, 6) is 0. The van der Waals surface area contributed by atoms with Crippen LogP contribution in [0.3, 0.4) is 0 Å². The molecule has 1 aliphatic carbocycles. The van der Waals surface area contributed by atoms with Crippen LogP contribution in [0.15, 0.2) is 34.1 Å². The van der Waals surface area contributed by atoms with E-state index in [0.717, 1.165) is 4.90 Å². The summed E-state index contributed by atoms with van der Waals surface area (Å²) in [5.41, 5.74) is 0. The molecule has 2 unspecified atom stereocenters. The van der Waals surface area contributed by atoms with Crippen molar-refractivity contribution in [2.45, 2.75) is 59.6 Å². The van der Waals surface area contributed by atoms with Crippen LogP contribution in [-0.2, 0) is 9.84 Å². The Labute approximate surface area is 132 Å². The minimum Gasteiger partial charge on any atom is -0.316 e. The predicted molar refractivity (Wildman–Crippen MR) is 89.7 cm³/mol. The molecular weight excluding hydrogens is 302 g/mol. The molecule has 5 heteroatoms. The highest BCUT2D eigenvalue weighted by molar-refractivity contribution is 8.00. The topological polar surface area (TPSA) is 46.2 Å². The number of benzene rings is 1. The summed E-state index contributed by atoms with van der Waals surface area (Å²) in [6.07, 6.45) is 8.98. The standard InChI is InChI=1S/C16H25NO2S2/c1-17-15-7-5-3-4-6-8-16(15)20-13-9-11-14(12-10-13)21(2,18)19/h9-12,15-17H,3-8H2,1-2H3. The molecule has 21 heavy (non-hydrogen) atoms. The summed E-state index contributed by atoms with van der Waals surface area (Å²) in [6.45, 7) is 0. The van der Waals surface area contributed by atoms with Crippen molar-refractivity contribution in [3.63, 3.8) is 0 Å². The molecule has 2 rings (SSSR count). The fraction of sp³-hybridized carbons (Fsp3) is 0.625. The van der Waals surface area contributed by atoms with Gasteiger partial charge >= 0.3 is 0 Å². The van der Waals surface area contributed by atoms with Crippen LogP contribution in [0.25, 0.3) is 0 Å². The Hall–Kier alpha value is -0.520. The van der Waals surface area contributed by atoms with E-state index in [-0.39, 0.29) is 0 Å². The third kappa shape index (κ3) is 5.01. The lowest BCUT2D eigenvalue weighted by atomic mass is 9.96. The zero-order valence-electron chi connectivity index (χ0n) is 12.8. The van der Waals surface area contributed by atoms with Crippen molar-refractivity contribution in [1.29, 1.82) is 0 Å². The molecule has 0 radical (unpaired) electrons. The number of sulfone groups is 1. The van der Waals surface area contributed by atoms with Gasteiger partial charge in [0.1, 0.15) is 0 Å². The normalized spacial score (nSPS) is 24.3. The monoisotopic (exact) mass is 327 g/mol. The molecule has 2 atom stereocenters. The summed E-state index contributed by atoms with van der Waals surface area (Å²) in [6, 6.07) is 7.85.